The highest BCUT2D eigenvalue weighted by Crippen LogP contribution is 2.28. The fourth-order valence-electron chi connectivity index (χ4n) is 2.92. The van der Waals surface area contributed by atoms with Crippen LogP contribution in [0.2, 0.25) is 0 Å². The van der Waals surface area contributed by atoms with Crippen molar-refractivity contribution in [1.29, 1.82) is 0 Å². The first-order chi connectivity index (χ1) is 11.7. The van der Waals surface area contributed by atoms with Gasteiger partial charge in [0, 0.05) is 18.5 Å². The Morgan fingerprint density at radius 3 is 2.38 bits per heavy atom. The van der Waals surface area contributed by atoms with Crippen molar-refractivity contribution in [3.8, 4) is 0 Å². The molecule has 1 amide bonds. The molecule has 1 aliphatic rings. The summed E-state index contributed by atoms with van der Waals surface area (Å²) in [5.41, 5.74) is 9.12. The fraction of sp³-hybridized carbons (Fsp3) is 0.350. The van der Waals surface area contributed by atoms with Crippen LogP contribution in [0.4, 0.5) is 11.4 Å². The normalized spacial score (nSPS) is 15.4. The van der Waals surface area contributed by atoms with Crippen LogP contribution < -0.4 is 16.4 Å². The van der Waals surface area contributed by atoms with Crippen molar-refractivity contribution >= 4 is 17.3 Å². The van der Waals surface area contributed by atoms with Gasteiger partial charge < -0.3 is 16.4 Å². The van der Waals surface area contributed by atoms with Gasteiger partial charge in [0.15, 0.2) is 0 Å². The van der Waals surface area contributed by atoms with Gasteiger partial charge >= 0.3 is 0 Å². The van der Waals surface area contributed by atoms with Gasteiger partial charge in [0.1, 0.15) is 0 Å². The zero-order valence-corrected chi connectivity index (χ0v) is 13.9. The molecule has 1 unspecified atom stereocenters. The summed E-state index contributed by atoms with van der Waals surface area (Å²) in [5, 5.41) is 6.50. The number of amides is 1. The third-order valence-corrected chi connectivity index (χ3v) is 4.45. The number of carbonyl (C=O) groups excluding carboxylic acids is 1. The van der Waals surface area contributed by atoms with Crippen molar-refractivity contribution < 1.29 is 4.79 Å². The molecule has 0 heterocycles. The minimum absolute atomic E-state index is 0.0405. The van der Waals surface area contributed by atoms with E-state index in [2.05, 4.69) is 10.6 Å². The molecule has 4 heteroatoms. The van der Waals surface area contributed by atoms with E-state index in [1.165, 1.54) is 19.3 Å². The number of nitrogens with two attached hydrogens (primary N) is 1. The van der Waals surface area contributed by atoms with Crippen molar-refractivity contribution in [2.24, 2.45) is 5.73 Å². The lowest BCUT2D eigenvalue weighted by Gasteiger charge is -2.28. The standard InChI is InChI=1S/C20H25N3O/c21-16(13-15-7-2-1-3-8-15)14-20(24)23-19-12-5-4-11-18(19)22-17-9-6-10-17/h1-5,7-8,11-12,16-17,22H,6,9-10,13-14,21H2,(H,23,24). The molecule has 1 saturated carbocycles. The van der Waals surface area contributed by atoms with Crippen LogP contribution in [0.5, 0.6) is 0 Å². The molecule has 24 heavy (non-hydrogen) atoms. The van der Waals surface area contributed by atoms with Crippen LogP contribution in [0.1, 0.15) is 31.2 Å². The average Bonchev–Trinajstić information content (AvgIpc) is 2.53. The topological polar surface area (TPSA) is 67.2 Å². The predicted octanol–water partition coefficient (Wildman–Crippen LogP) is 3.55. The first kappa shape index (κ1) is 16.5. The van der Waals surface area contributed by atoms with E-state index in [1.54, 1.807) is 0 Å². The molecule has 0 aliphatic heterocycles. The molecule has 0 radical (unpaired) electrons. The van der Waals surface area contributed by atoms with Gasteiger partial charge in [-0.2, -0.15) is 0 Å². The van der Waals surface area contributed by atoms with Crippen LogP contribution in [0, 0.1) is 0 Å². The number of anilines is 2. The van der Waals surface area contributed by atoms with Crippen LogP contribution in [0.25, 0.3) is 0 Å². The number of hydrogen-bond acceptors (Lipinski definition) is 3. The summed E-state index contributed by atoms with van der Waals surface area (Å²) in [7, 11) is 0. The summed E-state index contributed by atoms with van der Waals surface area (Å²) in [6, 6.07) is 18.2. The van der Waals surface area contributed by atoms with E-state index in [9.17, 15) is 4.79 Å². The number of rotatable bonds is 7. The highest BCUT2D eigenvalue weighted by molar-refractivity contribution is 5.94. The molecule has 1 atom stereocenters. The number of hydrogen-bond donors (Lipinski definition) is 3. The lowest BCUT2D eigenvalue weighted by molar-refractivity contribution is -0.116. The van der Waals surface area contributed by atoms with Gasteiger partial charge in [-0.05, 0) is 43.4 Å². The largest absolute Gasteiger partial charge is 0.381 e. The molecule has 0 aromatic heterocycles. The number of carbonyl (C=O) groups is 1. The number of benzene rings is 2. The summed E-state index contributed by atoms with van der Waals surface area (Å²) in [6.45, 7) is 0. The van der Waals surface area contributed by atoms with Gasteiger partial charge in [-0.3, -0.25) is 4.79 Å². The molecule has 4 N–H and O–H groups in total. The van der Waals surface area contributed by atoms with E-state index in [0.29, 0.717) is 18.9 Å². The molecular formula is C20H25N3O. The quantitative estimate of drug-likeness (QED) is 0.730. The maximum absolute atomic E-state index is 12.3. The van der Waals surface area contributed by atoms with E-state index in [0.717, 1.165) is 16.9 Å². The Hall–Kier alpha value is -2.33. The highest BCUT2D eigenvalue weighted by Gasteiger charge is 2.18. The third-order valence-electron chi connectivity index (χ3n) is 4.45. The molecule has 1 fully saturated rings. The van der Waals surface area contributed by atoms with Gasteiger partial charge in [0.05, 0.1) is 11.4 Å². The molecule has 2 aromatic rings. The van der Waals surface area contributed by atoms with Crippen LogP contribution in [0.15, 0.2) is 54.6 Å². The highest BCUT2D eigenvalue weighted by atomic mass is 16.1. The zero-order chi connectivity index (χ0) is 16.8. The molecular weight excluding hydrogens is 298 g/mol. The van der Waals surface area contributed by atoms with Crippen molar-refractivity contribution in [3.63, 3.8) is 0 Å². The van der Waals surface area contributed by atoms with E-state index >= 15 is 0 Å². The third kappa shape index (κ3) is 4.59. The van der Waals surface area contributed by atoms with Crippen LogP contribution in [-0.2, 0) is 11.2 Å². The summed E-state index contributed by atoms with van der Waals surface area (Å²) in [4.78, 5) is 12.3. The minimum Gasteiger partial charge on any atom is -0.381 e. The first-order valence-corrected chi connectivity index (χ1v) is 8.65. The predicted molar refractivity (Wildman–Crippen MR) is 99.1 cm³/mol. The molecule has 126 valence electrons. The summed E-state index contributed by atoms with van der Waals surface area (Å²) < 4.78 is 0. The van der Waals surface area contributed by atoms with Crippen LogP contribution in [-0.4, -0.2) is 18.0 Å². The molecule has 3 rings (SSSR count). The van der Waals surface area contributed by atoms with Crippen LogP contribution >= 0.6 is 0 Å². The Balaban J connectivity index is 1.54. The number of nitrogens with one attached hydrogen (secondary N) is 2. The van der Waals surface area contributed by atoms with Gasteiger partial charge in [0.25, 0.3) is 0 Å². The van der Waals surface area contributed by atoms with E-state index < -0.39 is 0 Å². The van der Waals surface area contributed by atoms with E-state index in [4.69, 9.17) is 5.73 Å². The maximum Gasteiger partial charge on any atom is 0.226 e. The number of para-hydroxylation sites is 2. The molecule has 2 aromatic carbocycles. The zero-order valence-electron chi connectivity index (χ0n) is 13.9. The second-order valence-electron chi connectivity index (χ2n) is 6.52. The van der Waals surface area contributed by atoms with Gasteiger partial charge in [-0.15, -0.1) is 0 Å². The molecule has 0 saturated heterocycles. The van der Waals surface area contributed by atoms with Gasteiger partial charge in [-0.25, -0.2) is 0 Å². The smallest absolute Gasteiger partial charge is 0.226 e. The molecule has 1 aliphatic carbocycles. The Labute approximate surface area is 143 Å². The SMILES string of the molecule is NC(CC(=O)Nc1ccccc1NC1CCC1)Cc1ccccc1. The van der Waals surface area contributed by atoms with Crippen molar-refractivity contribution in [2.45, 2.75) is 44.2 Å². The summed E-state index contributed by atoms with van der Waals surface area (Å²) >= 11 is 0. The minimum atomic E-state index is -0.181. The Bertz CT molecular complexity index is 668. The van der Waals surface area contributed by atoms with Gasteiger partial charge in [0.2, 0.25) is 5.91 Å². The second kappa shape index (κ2) is 7.97. The summed E-state index contributed by atoms with van der Waals surface area (Å²) in [5.74, 6) is -0.0405. The monoisotopic (exact) mass is 323 g/mol. The van der Waals surface area contributed by atoms with Crippen molar-refractivity contribution in [2.75, 3.05) is 10.6 Å². The average molecular weight is 323 g/mol. The van der Waals surface area contributed by atoms with E-state index in [-0.39, 0.29) is 11.9 Å². The second-order valence-corrected chi connectivity index (χ2v) is 6.52. The lowest BCUT2D eigenvalue weighted by atomic mass is 9.93. The van der Waals surface area contributed by atoms with Gasteiger partial charge in [-0.1, -0.05) is 42.5 Å². The maximum atomic E-state index is 12.3. The Morgan fingerprint density at radius 2 is 1.71 bits per heavy atom. The lowest BCUT2D eigenvalue weighted by Crippen LogP contribution is -2.30. The molecule has 4 nitrogen and oxygen atoms in total. The van der Waals surface area contributed by atoms with Crippen LogP contribution in [0.3, 0.4) is 0 Å². The van der Waals surface area contributed by atoms with E-state index in [1.807, 2.05) is 54.6 Å². The first-order valence-electron chi connectivity index (χ1n) is 8.65. The fourth-order valence-corrected chi connectivity index (χ4v) is 2.92. The Kier molecular flexibility index (Phi) is 5.49. The molecule has 0 bridgehead atoms. The summed E-state index contributed by atoms with van der Waals surface area (Å²) in [6.07, 6.45) is 4.69. The van der Waals surface area contributed by atoms with Crippen molar-refractivity contribution in [1.82, 2.24) is 0 Å². The molecule has 0 spiro atoms. The van der Waals surface area contributed by atoms with Crippen molar-refractivity contribution in [3.05, 3.63) is 60.2 Å². The Morgan fingerprint density at radius 1 is 1.04 bits per heavy atom.